The van der Waals surface area contributed by atoms with Gasteiger partial charge in [0.1, 0.15) is 11.5 Å². The molecule has 0 radical (unpaired) electrons. The summed E-state index contributed by atoms with van der Waals surface area (Å²) in [4.78, 5) is 25.1. The zero-order valence-electron chi connectivity index (χ0n) is 17.5. The van der Waals surface area contributed by atoms with Gasteiger partial charge < -0.3 is 25.4 Å². The zero-order valence-corrected chi connectivity index (χ0v) is 17.5. The Morgan fingerprint density at radius 1 is 1.07 bits per heavy atom. The molecule has 3 N–H and O–H groups in total. The molecule has 0 spiro atoms. The fourth-order valence-electron chi connectivity index (χ4n) is 3.21. The van der Waals surface area contributed by atoms with Crippen molar-refractivity contribution in [2.24, 2.45) is 0 Å². The van der Waals surface area contributed by atoms with Crippen molar-refractivity contribution < 1.29 is 19.1 Å². The molecule has 0 bridgehead atoms. The Morgan fingerprint density at radius 2 is 1.73 bits per heavy atom. The number of carbonyl (C=O) groups excluding carboxylic acids is 2. The standard InChI is InChI=1S/C23H27N3O4/c1-4-5-14-30-19-10-6-16(7-11-19)21-20(15(2)24-23(28)26-21)22(27)25-17-8-12-18(29-3)13-9-17/h6-13,21H,4-5,14H2,1-3H3,(H,25,27)(H2,24,26,28)/t21-/m1/s1. The van der Waals surface area contributed by atoms with Gasteiger partial charge in [0.2, 0.25) is 0 Å². The van der Waals surface area contributed by atoms with Gasteiger partial charge in [-0.25, -0.2) is 4.79 Å². The minimum atomic E-state index is -0.568. The average molecular weight is 409 g/mol. The van der Waals surface area contributed by atoms with Gasteiger partial charge in [-0.3, -0.25) is 4.79 Å². The largest absolute Gasteiger partial charge is 0.497 e. The number of allylic oxidation sites excluding steroid dienone is 1. The van der Waals surface area contributed by atoms with Crippen LogP contribution in [0, 0.1) is 0 Å². The number of ether oxygens (including phenoxy) is 2. The molecule has 0 fully saturated rings. The van der Waals surface area contributed by atoms with E-state index >= 15 is 0 Å². The molecule has 30 heavy (non-hydrogen) atoms. The van der Waals surface area contributed by atoms with Crippen LogP contribution < -0.4 is 25.4 Å². The highest BCUT2D eigenvalue weighted by Gasteiger charge is 2.31. The lowest BCUT2D eigenvalue weighted by atomic mass is 9.94. The van der Waals surface area contributed by atoms with Crippen molar-refractivity contribution in [1.29, 1.82) is 0 Å². The molecule has 158 valence electrons. The molecule has 0 aromatic heterocycles. The Labute approximate surface area is 176 Å². The van der Waals surface area contributed by atoms with E-state index in [4.69, 9.17) is 9.47 Å². The maximum atomic E-state index is 13.0. The fraction of sp³-hybridized carbons (Fsp3) is 0.304. The van der Waals surface area contributed by atoms with Crippen LogP contribution >= 0.6 is 0 Å². The summed E-state index contributed by atoms with van der Waals surface area (Å²) in [5, 5.41) is 8.41. The molecule has 3 amide bonds. The molecule has 0 saturated carbocycles. The fourth-order valence-corrected chi connectivity index (χ4v) is 3.21. The number of carbonyl (C=O) groups is 2. The van der Waals surface area contributed by atoms with E-state index in [9.17, 15) is 9.59 Å². The SMILES string of the molecule is CCCCOc1ccc([C@H]2NC(=O)NC(C)=C2C(=O)Nc2ccc(OC)cc2)cc1. The molecule has 0 aliphatic carbocycles. The highest BCUT2D eigenvalue weighted by Crippen LogP contribution is 2.29. The second kappa shape index (κ2) is 9.82. The lowest BCUT2D eigenvalue weighted by molar-refractivity contribution is -0.113. The topological polar surface area (TPSA) is 88.7 Å². The minimum absolute atomic E-state index is 0.293. The summed E-state index contributed by atoms with van der Waals surface area (Å²) in [6.07, 6.45) is 2.06. The number of benzene rings is 2. The quantitative estimate of drug-likeness (QED) is 0.572. The molecular formula is C23H27N3O4. The number of urea groups is 1. The second-order valence-corrected chi connectivity index (χ2v) is 7.02. The first-order valence-electron chi connectivity index (χ1n) is 9.98. The van der Waals surface area contributed by atoms with Crippen LogP contribution in [0.1, 0.15) is 38.3 Å². The maximum absolute atomic E-state index is 13.0. The zero-order chi connectivity index (χ0) is 21.5. The molecule has 7 nitrogen and oxygen atoms in total. The lowest BCUT2D eigenvalue weighted by Crippen LogP contribution is -2.45. The number of rotatable bonds is 8. The smallest absolute Gasteiger partial charge is 0.319 e. The maximum Gasteiger partial charge on any atom is 0.319 e. The Morgan fingerprint density at radius 3 is 2.37 bits per heavy atom. The molecule has 3 rings (SSSR count). The number of amides is 3. The Bertz CT molecular complexity index is 920. The van der Waals surface area contributed by atoms with Gasteiger partial charge in [-0.1, -0.05) is 25.5 Å². The summed E-state index contributed by atoms with van der Waals surface area (Å²) in [6, 6.07) is 13.6. The van der Waals surface area contributed by atoms with Crippen LogP contribution in [0.2, 0.25) is 0 Å². The van der Waals surface area contributed by atoms with Gasteiger partial charge in [-0.2, -0.15) is 0 Å². The van der Waals surface area contributed by atoms with E-state index in [-0.39, 0.29) is 11.9 Å². The van der Waals surface area contributed by atoms with Crippen LogP contribution in [-0.4, -0.2) is 25.7 Å². The molecule has 1 aliphatic rings. The van der Waals surface area contributed by atoms with Crippen molar-refractivity contribution in [2.75, 3.05) is 19.0 Å². The van der Waals surface area contributed by atoms with Gasteiger partial charge in [-0.15, -0.1) is 0 Å². The van der Waals surface area contributed by atoms with Crippen molar-refractivity contribution in [3.05, 3.63) is 65.4 Å². The molecule has 1 aliphatic heterocycles. The van der Waals surface area contributed by atoms with Crippen molar-refractivity contribution in [3.8, 4) is 11.5 Å². The third-order valence-corrected chi connectivity index (χ3v) is 4.84. The van der Waals surface area contributed by atoms with Crippen LogP contribution in [0.15, 0.2) is 59.8 Å². The summed E-state index contributed by atoms with van der Waals surface area (Å²) in [5.41, 5.74) is 2.39. The van der Waals surface area contributed by atoms with Crippen LogP contribution in [0.3, 0.4) is 0 Å². The van der Waals surface area contributed by atoms with Gasteiger partial charge in [-0.05, 0) is 55.3 Å². The van der Waals surface area contributed by atoms with E-state index < -0.39 is 6.04 Å². The molecule has 1 heterocycles. The van der Waals surface area contributed by atoms with E-state index in [1.807, 2.05) is 24.3 Å². The lowest BCUT2D eigenvalue weighted by Gasteiger charge is -2.28. The van der Waals surface area contributed by atoms with Gasteiger partial charge in [0.05, 0.1) is 25.3 Å². The summed E-state index contributed by atoms with van der Waals surface area (Å²) in [5.74, 6) is 1.17. The van der Waals surface area contributed by atoms with Crippen LogP contribution in [-0.2, 0) is 4.79 Å². The molecular weight excluding hydrogens is 382 g/mol. The first kappa shape index (κ1) is 21.2. The van der Waals surface area contributed by atoms with Gasteiger partial charge in [0.15, 0.2) is 0 Å². The summed E-state index contributed by atoms with van der Waals surface area (Å²) in [6.45, 7) is 4.49. The molecule has 7 heteroatoms. The Balaban J connectivity index is 1.80. The van der Waals surface area contributed by atoms with E-state index in [1.54, 1.807) is 38.3 Å². The molecule has 0 saturated heterocycles. The van der Waals surface area contributed by atoms with Gasteiger partial charge in [0.25, 0.3) is 5.91 Å². The normalized spacial score (nSPS) is 15.8. The molecule has 2 aromatic rings. The third kappa shape index (κ3) is 5.11. The van der Waals surface area contributed by atoms with Gasteiger partial charge in [0, 0.05) is 11.4 Å². The predicted octanol–water partition coefficient (Wildman–Crippen LogP) is 4.14. The van der Waals surface area contributed by atoms with Crippen molar-refractivity contribution in [3.63, 3.8) is 0 Å². The van der Waals surface area contributed by atoms with Gasteiger partial charge >= 0.3 is 6.03 Å². The van der Waals surface area contributed by atoms with Crippen LogP contribution in [0.5, 0.6) is 11.5 Å². The van der Waals surface area contributed by atoms with Crippen LogP contribution in [0.25, 0.3) is 0 Å². The number of hydrogen-bond donors (Lipinski definition) is 3. The molecule has 2 aromatic carbocycles. The summed E-state index contributed by atoms with van der Waals surface area (Å²) >= 11 is 0. The van der Waals surface area contributed by atoms with Crippen molar-refractivity contribution in [2.45, 2.75) is 32.7 Å². The number of nitrogens with one attached hydrogen (secondary N) is 3. The van der Waals surface area contributed by atoms with E-state index in [0.29, 0.717) is 29.3 Å². The second-order valence-electron chi connectivity index (χ2n) is 7.02. The molecule has 0 unspecified atom stereocenters. The Kier molecular flexibility index (Phi) is 6.95. The number of anilines is 1. The Hall–Kier alpha value is -3.48. The highest BCUT2D eigenvalue weighted by atomic mass is 16.5. The minimum Gasteiger partial charge on any atom is -0.497 e. The number of methoxy groups -OCH3 is 1. The van der Waals surface area contributed by atoms with E-state index in [0.717, 1.165) is 24.2 Å². The average Bonchev–Trinajstić information content (AvgIpc) is 2.74. The highest BCUT2D eigenvalue weighted by molar-refractivity contribution is 6.06. The van der Waals surface area contributed by atoms with E-state index in [2.05, 4.69) is 22.9 Å². The first-order valence-corrected chi connectivity index (χ1v) is 9.98. The van der Waals surface area contributed by atoms with Crippen molar-refractivity contribution in [1.82, 2.24) is 10.6 Å². The molecule has 1 atom stereocenters. The van der Waals surface area contributed by atoms with Crippen molar-refractivity contribution >= 4 is 17.6 Å². The predicted molar refractivity (Wildman–Crippen MR) is 116 cm³/mol. The number of hydrogen-bond acceptors (Lipinski definition) is 4. The number of unbranched alkanes of at least 4 members (excludes halogenated alkanes) is 1. The summed E-state index contributed by atoms with van der Waals surface area (Å²) in [7, 11) is 1.59. The van der Waals surface area contributed by atoms with E-state index in [1.165, 1.54) is 0 Å². The first-order chi connectivity index (χ1) is 14.5. The monoisotopic (exact) mass is 409 g/mol. The third-order valence-electron chi connectivity index (χ3n) is 4.84. The van der Waals surface area contributed by atoms with Crippen LogP contribution in [0.4, 0.5) is 10.5 Å². The summed E-state index contributed by atoms with van der Waals surface area (Å²) < 4.78 is 10.8.